The van der Waals surface area contributed by atoms with E-state index in [1.165, 1.54) is 33.1 Å². The molecular formula is C24H25F4NO2. The molecule has 3 nitrogen and oxygen atoms in total. The number of halogens is 4. The van der Waals surface area contributed by atoms with Crippen LogP contribution in [0.3, 0.4) is 0 Å². The first-order chi connectivity index (χ1) is 14.4. The van der Waals surface area contributed by atoms with Gasteiger partial charge in [-0.1, -0.05) is 32.0 Å². The summed E-state index contributed by atoms with van der Waals surface area (Å²) >= 11 is 0. The largest absolute Gasteiger partial charge is 0.496 e. The first kappa shape index (κ1) is 23.0. The molecule has 1 N–H and O–H groups in total. The van der Waals surface area contributed by atoms with E-state index < -0.39 is 35.9 Å². The zero-order valence-corrected chi connectivity index (χ0v) is 17.8. The summed E-state index contributed by atoms with van der Waals surface area (Å²) < 4.78 is 61.5. The van der Waals surface area contributed by atoms with E-state index >= 15 is 0 Å². The van der Waals surface area contributed by atoms with Crippen LogP contribution >= 0.6 is 0 Å². The highest BCUT2D eigenvalue weighted by Crippen LogP contribution is 2.45. The summed E-state index contributed by atoms with van der Waals surface area (Å²) in [6, 6.07) is 12.4. The van der Waals surface area contributed by atoms with Crippen molar-refractivity contribution in [1.82, 2.24) is 4.98 Å². The Hall–Kier alpha value is -2.67. The molecule has 2 aromatic carbocycles. The molecule has 0 aliphatic heterocycles. The molecule has 7 heteroatoms. The van der Waals surface area contributed by atoms with Gasteiger partial charge in [0.25, 0.3) is 0 Å². The topological polar surface area (TPSA) is 42.4 Å². The minimum Gasteiger partial charge on any atom is -0.496 e. The quantitative estimate of drug-likeness (QED) is 0.491. The second-order valence-electron chi connectivity index (χ2n) is 8.56. The van der Waals surface area contributed by atoms with Crippen LogP contribution in [-0.2, 0) is 11.8 Å². The van der Waals surface area contributed by atoms with E-state index in [1.54, 1.807) is 25.1 Å². The first-order valence-corrected chi connectivity index (χ1v) is 9.85. The van der Waals surface area contributed by atoms with Crippen LogP contribution in [0.2, 0.25) is 0 Å². The number of fused-ring (bicyclic) bond motifs is 1. The van der Waals surface area contributed by atoms with Gasteiger partial charge in [0.2, 0.25) is 0 Å². The van der Waals surface area contributed by atoms with Crippen LogP contribution in [0.5, 0.6) is 5.75 Å². The van der Waals surface area contributed by atoms with Gasteiger partial charge in [0.05, 0.1) is 12.6 Å². The molecular weight excluding hydrogens is 410 g/mol. The Morgan fingerprint density at radius 3 is 2.35 bits per heavy atom. The Morgan fingerprint density at radius 2 is 1.71 bits per heavy atom. The van der Waals surface area contributed by atoms with Gasteiger partial charge in [-0.05, 0) is 54.7 Å². The maximum atomic E-state index is 14.1. The molecule has 0 saturated carbocycles. The maximum Gasteiger partial charge on any atom is 0.417 e. The Morgan fingerprint density at radius 1 is 1.03 bits per heavy atom. The van der Waals surface area contributed by atoms with E-state index in [0.29, 0.717) is 5.52 Å². The van der Waals surface area contributed by atoms with Crippen LogP contribution in [-0.4, -0.2) is 29.0 Å². The van der Waals surface area contributed by atoms with Crippen molar-refractivity contribution in [3.05, 3.63) is 71.2 Å². The van der Waals surface area contributed by atoms with Crippen molar-refractivity contribution in [3.8, 4) is 5.75 Å². The molecule has 1 unspecified atom stereocenters. The van der Waals surface area contributed by atoms with Crippen molar-refractivity contribution < 1.29 is 27.4 Å². The van der Waals surface area contributed by atoms with Crippen LogP contribution in [0, 0.1) is 12.7 Å². The lowest BCUT2D eigenvalue weighted by atomic mass is 9.73. The third kappa shape index (κ3) is 4.66. The number of rotatable bonds is 6. The van der Waals surface area contributed by atoms with E-state index in [0.717, 1.165) is 17.0 Å². The van der Waals surface area contributed by atoms with Gasteiger partial charge in [-0.3, -0.25) is 4.98 Å². The van der Waals surface area contributed by atoms with Crippen LogP contribution in [0.15, 0.2) is 48.5 Å². The molecule has 1 atom stereocenters. The normalized spacial score (nSPS) is 14.5. The molecule has 0 bridgehead atoms. The van der Waals surface area contributed by atoms with Gasteiger partial charge in [0.1, 0.15) is 11.6 Å². The Balaban J connectivity index is 2.03. The summed E-state index contributed by atoms with van der Waals surface area (Å²) in [6.07, 6.45) is -6.34. The third-order valence-corrected chi connectivity index (χ3v) is 5.60. The molecule has 0 aliphatic carbocycles. The van der Waals surface area contributed by atoms with Crippen molar-refractivity contribution in [2.75, 3.05) is 7.11 Å². The zero-order valence-electron chi connectivity index (χ0n) is 17.8. The summed E-state index contributed by atoms with van der Waals surface area (Å²) in [4.78, 5) is 4.34. The second kappa shape index (κ2) is 8.11. The SMILES string of the molecule is COc1ccc(F)cc1C(C)(C)CC(O)(Cc1cc(C)c2ccccc2n1)C(F)(F)F. The Kier molecular flexibility index (Phi) is 6.02. The van der Waals surface area contributed by atoms with Crippen molar-refractivity contribution in [2.24, 2.45) is 0 Å². The highest BCUT2D eigenvalue weighted by molar-refractivity contribution is 5.82. The summed E-state index contributed by atoms with van der Waals surface area (Å²) in [6.45, 7) is 4.85. The Labute approximate surface area is 178 Å². The summed E-state index contributed by atoms with van der Waals surface area (Å²) in [5, 5.41) is 11.7. The minimum absolute atomic E-state index is 0.137. The van der Waals surface area contributed by atoms with Crippen molar-refractivity contribution in [3.63, 3.8) is 0 Å². The average molecular weight is 435 g/mol. The number of ether oxygens (including phenoxy) is 1. The molecule has 0 fully saturated rings. The smallest absolute Gasteiger partial charge is 0.417 e. The van der Waals surface area contributed by atoms with Crippen LogP contribution in [0.4, 0.5) is 17.6 Å². The van der Waals surface area contributed by atoms with Gasteiger partial charge < -0.3 is 9.84 Å². The number of aromatic nitrogens is 1. The van der Waals surface area contributed by atoms with E-state index in [9.17, 15) is 22.7 Å². The predicted molar refractivity (Wildman–Crippen MR) is 112 cm³/mol. The second-order valence-corrected chi connectivity index (χ2v) is 8.56. The van der Waals surface area contributed by atoms with Crippen LogP contribution < -0.4 is 4.74 Å². The van der Waals surface area contributed by atoms with Gasteiger partial charge in [-0.15, -0.1) is 0 Å². The van der Waals surface area contributed by atoms with Crippen molar-refractivity contribution in [1.29, 1.82) is 0 Å². The molecule has 0 saturated heterocycles. The summed E-state index contributed by atoms with van der Waals surface area (Å²) in [5.41, 5.74) is -2.60. The summed E-state index contributed by atoms with van der Waals surface area (Å²) in [5.74, 6) is -0.332. The lowest BCUT2D eigenvalue weighted by Gasteiger charge is -2.38. The molecule has 0 aliphatic rings. The zero-order chi connectivity index (χ0) is 23.0. The standard InChI is InChI=1S/C24H25F4NO2/c1-15-11-17(29-20-8-6-5-7-18(15)20)13-23(30,24(26,27)28)14-22(2,3)19-12-16(25)9-10-21(19)31-4/h5-12,30H,13-14H2,1-4H3. The average Bonchev–Trinajstić information content (AvgIpc) is 2.66. The van der Waals surface area contributed by atoms with Gasteiger partial charge in [0, 0.05) is 23.1 Å². The predicted octanol–water partition coefficient (Wildman–Crippen LogP) is 5.89. The van der Waals surface area contributed by atoms with Gasteiger partial charge >= 0.3 is 6.18 Å². The number of hydrogen-bond donors (Lipinski definition) is 1. The van der Waals surface area contributed by atoms with Gasteiger partial charge in [-0.2, -0.15) is 13.2 Å². The van der Waals surface area contributed by atoms with Crippen molar-refractivity contribution >= 4 is 10.9 Å². The number of hydrogen-bond acceptors (Lipinski definition) is 3. The molecule has 0 amide bonds. The first-order valence-electron chi connectivity index (χ1n) is 9.85. The highest BCUT2D eigenvalue weighted by Gasteiger charge is 2.56. The molecule has 3 aromatic rings. The fraction of sp³-hybridized carbons (Fsp3) is 0.375. The third-order valence-electron chi connectivity index (χ3n) is 5.60. The fourth-order valence-corrected chi connectivity index (χ4v) is 4.11. The fourth-order valence-electron chi connectivity index (χ4n) is 4.11. The van der Waals surface area contributed by atoms with Crippen LogP contribution in [0.1, 0.15) is 37.1 Å². The number of alkyl halides is 3. The number of nitrogens with zero attached hydrogens (tertiary/aromatic N) is 1. The van der Waals surface area contributed by atoms with Crippen molar-refractivity contribution in [2.45, 2.75) is 50.8 Å². The van der Waals surface area contributed by atoms with Gasteiger partial charge in [0.15, 0.2) is 5.60 Å². The maximum absolute atomic E-state index is 14.1. The molecule has 1 aromatic heterocycles. The van der Waals surface area contributed by atoms with E-state index in [4.69, 9.17) is 4.74 Å². The van der Waals surface area contributed by atoms with E-state index in [-0.39, 0.29) is 17.0 Å². The number of benzene rings is 2. The number of pyridine rings is 1. The molecule has 3 rings (SSSR count). The number of aryl methyl sites for hydroxylation is 1. The molecule has 0 radical (unpaired) electrons. The molecule has 0 spiro atoms. The summed E-state index contributed by atoms with van der Waals surface area (Å²) in [7, 11) is 1.37. The molecule has 1 heterocycles. The lowest BCUT2D eigenvalue weighted by molar-refractivity contribution is -0.266. The highest BCUT2D eigenvalue weighted by atomic mass is 19.4. The lowest BCUT2D eigenvalue weighted by Crippen LogP contribution is -2.51. The number of para-hydroxylation sites is 1. The molecule has 31 heavy (non-hydrogen) atoms. The number of methoxy groups -OCH3 is 1. The molecule has 166 valence electrons. The van der Waals surface area contributed by atoms with E-state index in [1.807, 2.05) is 12.1 Å². The Bertz CT molecular complexity index is 1090. The number of aliphatic hydroxyl groups is 1. The monoisotopic (exact) mass is 435 g/mol. The minimum atomic E-state index is -4.92. The van der Waals surface area contributed by atoms with Crippen LogP contribution in [0.25, 0.3) is 10.9 Å². The van der Waals surface area contributed by atoms with E-state index in [2.05, 4.69) is 4.98 Å². The van der Waals surface area contributed by atoms with Gasteiger partial charge in [-0.25, -0.2) is 4.39 Å².